The Morgan fingerprint density at radius 2 is 2.31 bits per heavy atom. The van der Waals surface area contributed by atoms with Crippen LogP contribution in [0.2, 0.25) is 0 Å². The van der Waals surface area contributed by atoms with Gasteiger partial charge in [0.1, 0.15) is 6.07 Å². The van der Waals surface area contributed by atoms with Gasteiger partial charge in [0, 0.05) is 24.2 Å². The van der Waals surface area contributed by atoms with Crippen LogP contribution >= 0.6 is 15.9 Å². The van der Waals surface area contributed by atoms with Crippen LogP contribution in [0.4, 0.5) is 5.69 Å². The topological polar surface area (TPSA) is 45.0 Å². The normalized spacial score (nSPS) is 11.9. The first-order valence-corrected chi connectivity index (χ1v) is 5.91. The highest BCUT2D eigenvalue weighted by atomic mass is 79.9. The molecule has 0 aliphatic heterocycles. The van der Waals surface area contributed by atoms with Crippen LogP contribution in [0, 0.1) is 11.3 Å². The van der Waals surface area contributed by atoms with Gasteiger partial charge in [-0.1, -0.05) is 15.9 Å². The van der Waals surface area contributed by atoms with Gasteiger partial charge in [0.05, 0.1) is 11.3 Å². The average molecular weight is 283 g/mol. The summed E-state index contributed by atoms with van der Waals surface area (Å²) in [6, 6.07) is 8.10. The predicted octanol–water partition coefficient (Wildman–Crippen LogP) is 3.16. The highest BCUT2D eigenvalue weighted by Crippen LogP contribution is 2.21. The van der Waals surface area contributed by atoms with Crippen molar-refractivity contribution in [1.82, 2.24) is 0 Å². The Morgan fingerprint density at radius 1 is 1.56 bits per heavy atom. The third-order valence-electron chi connectivity index (χ3n) is 2.26. The van der Waals surface area contributed by atoms with E-state index < -0.39 is 0 Å². The van der Waals surface area contributed by atoms with Crippen molar-refractivity contribution < 1.29 is 4.74 Å². The van der Waals surface area contributed by atoms with Crippen LogP contribution in [-0.2, 0) is 4.74 Å². The van der Waals surface area contributed by atoms with E-state index >= 15 is 0 Å². The second-order valence-electron chi connectivity index (χ2n) is 3.63. The molecule has 0 saturated carbocycles. The van der Waals surface area contributed by atoms with Gasteiger partial charge in [-0.2, -0.15) is 5.26 Å². The van der Waals surface area contributed by atoms with Crippen LogP contribution in [-0.4, -0.2) is 19.8 Å². The number of nitrogens with zero attached hydrogens (tertiary/aromatic N) is 1. The molecule has 1 rings (SSSR count). The SMILES string of the molecule is COCCC(C)Nc1ccc(Br)cc1C#N. The summed E-state index contributed by atoms with van der Waals surface area (Å²) in [5, 5.41) is 12.3. The Hall–Kier alpha value is -1.05. The molecule has 1 atom stereocenters. The Morgan fingerprint density at radius 3 is 2.94 bits per heavy atom. The molecule has 0 amide bonds. The zero-order valence-corrected chi connectivity index (χ0v) is 11.0. The van der Waals surface area contributed by atoms with Gasteiger partial charge in [0.25, 0.3) is 0 Å². The first-order valence-electron chi connectivity index (χ1n) is 5.12. The van der Waals surface area contributed by atoms with E-state index in [9.17, 15) is 0 Å². The summed E-state index contributed by atoms with van der Waals surface area (Å²) in [4.78, 5) is 0. The van der Waals surface area contributed by atoms with Crippen molar-refractivity contribution in [2.24, 2.45) is 0 Å². The number of nitriles is 1. The number of hydrogen-bond acceptors (Lipinski definition) is 3. The average Bonchev–Trinajstić information content (AvgIpc) is 2.28. The van der Waals surface area contributed by atoms with Gasteiger partial charge in [-0.15, -0.1) is 0 Å². The molecule has 1 N–H and O–H groups in total. The first-order chi connectivity index (χ1) is 7.67. The maximum atomic E-state index is 9.00. The van der Waals surface area contributed by atoms with Crippen LogP contribution in [0.3, 0.4) is 0 Å². The number of benzene rings is 1. The van der Waals surface area contributed by atoms with Crippen molar-refractivity contribution in [3.63, 3.8) is 0 Å². The smallest absolute Gasteiger partial charge is 0.101 e. The van der Waals surface area contributed by atoms with E-state index in [2.05, 4.69) is 34.2 Å². The van der Waals surface area contributed by atoms with Crippen molar-refractivity contribution in [2.45, 2.75) is 19.4 Å². The quantitative estimate of drug-likeness (QED) is 0.902. The monoisotopic (exact) mass is 282 g/mol. The fraction of sp³-hybridized carbons (Fsp3) is 0.417. The summed E-state index contributed by atoms with van der Waals surface area (Å²) < 4.78 is 5.93. The molecule has 1 unspecified atom stereocenters. The molecule has 0 aromatic heterocycles. The number of anilines is 1. The van der Waals surface area contributed by atoms with E-state index in [4.69, 9.17) is 10.00 Å². The molecule has 1 aromatic carbocycles. The minimum atomic E-state index is 0.285. The van der Waals surface area contributed by atoms with Gasteiger partial charge < -0.3 is 10.1 Å². The van der Waals surface area contributed by atoms with E-state index in [1.165, 1.54) is 0 Å². The second-order valence-corrected chi connectivity index (χ2v) is 4.54. The van der Waals surface area contributed by atoms with Gasteiger partial charge in [0.15, 0.2) is 0 Å². The van der Waals surface area contributed by atoms with Gasteiger partial charge in [-0.3, -0.25) is 0 Å². The number of nitrogens with one attached hydrogen (secondary N) is 1. The van der Waals surface area contributed by atoms with E-state index in [0.29, 0.717) is 12.2 Å². The lowest BCUT2D eigenvalue weighted by Crippen LogP contribution is -2.17. The molecule has 16 heavy (non-hydrogen) atoms. The van der Waals surface area contributed by atoms with Crippen LogP contribution in [0.15, 0.2) is 22.7 Å². The number of ether oxygens (including phenoxy) is 1. The third kappa shape index (κ3) is 3.84. The Bertz CT molecular complexity index is 387. The number of methoxy groups -OCH3 is 1. The molecule has 0 saturated heterocycles. The van der Waals surface area contributed by atoms with Crippen molar-refractivity contribution in [3.8, 4) is 6.07 Å². The molecular formula is C12H15BrN2O. The lowest BCUT2D eigenvalue weighted by Gasteiger charge is -2.15. The van der Waals surface area contributed by atoms with Gasteiger partial charge in [-0.05, 0) is 31.5 Å². The van der Waals surface area contributed by atoms with Crippen molar-refractivity contribution in [2.75, 3.05) is 19.0 Å². The van der Waals surface area contributed by atoms with E-state index in [0.717, 1.165) is 16.6 Å². The van der Waals surface area contributed by atoms with Crippen LogP contribution in [0.25, 0.3) is 0 Å². The fourth-order valence-electron chi connectivity index (χ4n) is 1.37. The molecule has 0 heterocycles. The Balaban J connectivity index is 2.70. The molecule has 0 aliphatic carbocycles. The van der Waals surface area contributed by atoms with Crippen LogP contribution < -0.4 is 5.32 Å². The largest absolute Gasteiger partial charge is 0.385 e. The molecule has 0 bridgehead atoms. The third-order valence-corrected chi connectivity index (χ3v) is 2.75. The van der Waals surface area contributed by atoms with E-state index in [-0.39, 0.29) is 6.04 Å². The molecule has 4 heteroatoms. The summed E-state index contributed by atoms with van der Waals surface area (Å²) in [5.74, 6) is 0. The van der Waals surface area contributed by atoms with Gasteiger partial charge in [-0.25, -0.2) is 0 Å². The Labute approximate surface area is 105 Å². The van der Waals surface area contributed by atoms with Gasteiger partial charge >= 0.3 is 0 Å². The summed E-state index contributed by atoms with van der Waals surface area (Å²) in [6.45, 7) is 2.79. The van der Waals surface area contributed by atoms with Crippen molar-refractivity contribution in [1.29, 1.82) is 5.26 Å². The highest BCUT2D eigenvalue weighted by molar-refractivity contribution is 9.10. The first kappa shape index (κ1) is 13.0. The molecule has 0 fully saturated rings. The second kappa shape index (κ2) is 6.51. The lowest BCUT2D eigenvalue weighted by atomic mass is 10.1. The Kier molecular flexibility index (Phi) is 5.30. The molecule has 1 aromatic rings. The lowest BCUT2D eigenvalue weighted by molar-refractivity contribution is 0.191. The highest BCUT2D eigenvalue weighted by Gasteiger charge is 2.06. The number of hydrogen-bond donors (Lipinski definition) is 1. The van der Waals surface area contributed by atoms with Crippen LogP contribution in [0.1, 0.15) is 18.9 Å². The van der Waals surface area contributed by atoms with Gasteiger partial charge in [0.2, 0.25) is 0 Å². The summed E-state index contributed by atoms with van der Waals surface area (Å²) in [5.41, 5.74) is 1.52. The zero-order chi connectivity index (χ0) is 12.0. The van der Waals surface area contributed by atoms with E-state index in [1.54, 1.807) is 7.11 Å². The maximum absolute atomic E-state index is 9.00. The maximum Gasteiger partial charge on any atom is 0.101 e. The summed E-state index contributed by atoms with van der Waals surface area (Å²) in [7, 11) is 1.69. The zero-order valence-electron chi connectivity index (χ0n) is 9.46. The number of rotatable bonds is 5. The summed E-state index contributed by atoms with van der Waals surface area (Å²) >= 11 is 3.35. The molecule has 3 nitrogen and oxygen atoms in total. The standard InChI is InChI=1S/C12H15BrN2O/c1-9(5-6-16-2)15-12-4-3-11(13)7-10(12)8-14/h3-4,7,9,15H,5-6H2,1-2H3. The minimum absolute atomic E-state index is 0.285. The molecular weight excluding hydrogens is 268 g/mol. The summed E-state index contributed by atoms with van der Waals surface area (Å²) in [6.07, 6.45) is 0.914. The van der Waals surface area contributed by atoms with E-state index in [1.807, 2.05) is 18.2 Å². The van der Waals surface area contributed by atoms with Crippen molar-refractivity contribution >= 4 is 21.6 Å². The minimum Gasteiger partial charge on any atom is -0.385 e. The number of halogens is 1. The fourth-order valence-corrected chi connectivity index (χ4v) is 1.73. The molecule has 0 aliphatic rings. The predicted molar refractivity (Wildman–Crippen MR) is 68.4 cm³/mol. The molecule has 86 valence electrons. The molecule has 0 spiro atoms. The molecule has 0 radical (unpaired) electrons. The van der Waals surface area contributed by atoms with Crippen LogP contribution in [0.5, 0.6) is 0 Å². The van der Waals surface area contributed by atoms with Crippen molar-refractivity contribution in [3.05, 3.63) is 28.2 Å².